The minimum atomic E-state index is 0.0596. The molecule has 130 valence electrons. The Morgan fingerprint density at radius 2 is 2.00 bits per heavy atom. The Morgan fingerprint density at radius 1 is 1.20 bits per heavy atom. The average Bonchev–Trinajstić information content (AvgIpc) is 3.10. The molecule has 1 saturated heterocycles. The molecule has 0 aromatic heterocycles. The van der Waals surface area contributed by atoms with Crippen LogP contribution in [0.3, 0.4) is 0 Å². The van der Waals surface area contributed by atoms with E-state index in [2.05, 4.69) is 59.0 Å². The van der Waals surface area contributed by atoms with E-state index in [-0.39, 0.29) is 6.04 Å². The molecular weight excluding hydrogens is 332 g/mol. The number of nitrogens with one attached hydrogen (secondary N) is 2. The van der Waals surface area contributed by atoms with Gasteiger partial charge in [-0.15, -0.1) is 0 Å². The molecule has 0 bridgehead atoms. The second-order valence-corrected chi connectivity index (χ2v) is 7.06. The molecule has 4 rings (SSSR count). The van der Waals surface area contributed by atoms with Crippen molar-refractivity contribution in [3.05, 3.63) is 70.2 Å². The fourth-order valence-corrected chi connectivity index (χ4v) is 3.89. The van der Waals surface area contributed by atoms with E-state index in [1.165, 1.54) is 16.7 Å². The smallest absolute Gasteiger partial charge is 0.156 e. The largest absolute Gasteiger partial charge is 0.353 e. The van der Waals surface area contributed by atoms with Crippen LogP contribution in [0.2, 0.25) is 5.02 Å². The quantitative estimate of drug-likeness (QED) is 0.887. The third kappa shape index (κ3) is 3.24. The first kappa shape index (κ1) is 16.4. The Hall–Kier alpha value is -2.04. The highest BCUT2D eigenvalue weighted by molar-refractivity contribution is 6.30. The van der Waals surface area contributed by atoms with Gasteiger partial charge in [0.1, 0.15) is 0 Å². The van der Waals surface area contributed by atoms with Crippen molar-refractivity contribution in [2.45, 2.75) is 25.4 Å². The molecule has 0 saturated carbocycles. The number of halogens is 1. The average molecular weight is 355 g/mol. The van der Waals surface area contributed by atoms with Crippen LogP contribution in [-0.4, -0.2) is 36.4 Å². The maximum absolute atomic E-state index is 6.04. The number of rotatable bonds is 3. The van der Waals surface area contributed by atoms with Gasteiger partial charge in [0.05, 0.1) is 6.04 Å². The number of hydrogen-bond donors (Lipinski definition) is 2. The summed E-state index contributed by atoms with van der Waals surface area (Å²) in [6.07, 6.45) is 1.16. The van der Waals surface area contributed by atoms with E-state index >= 15 is 0 Å². The van der Waals surface area contributed by atoms with Crippen LogP contribution in [0, 0.1) is 0 Å². The summed E-state index contributed by atoms with van der Waals surface area (Å²) in [6.45, 7) is 5.22. The Bertz CT molecular complexity index is 772. The zero-order valence-electron chi connectivity index (χ0n) is 14.4. The van der Waals surface area contributed by atoms with E-state index in [0.29, 0.717) is 6.04 Å². The Morgan fingerprint density at radius 3 is 2.80 bits per heavy atom. The van der Waals surface area contributed by atoms with Gasteiger partial charge >= 0.3 is 0 Å². The third-order valence-corrected chi connectivity index (χ3v) is 5.25. The van der Waals surface area contributed by atoms with Crippen molar-refractivity contribution in [3.8, 4) is 0 Å². The number of likely N-dealkylation sites (tertiary alicyclic amines) is 1. The molecule has 5 heteroatoms. The first-order valence-corrected chi connectivity index (χ1v) is 9.30. The monoisotopic (exact) mass is 354 g/mol. The van der Waals surface area contributed by atoms with E-state index < -0.39 is 0 Å². The van der Waals surface area contributed by atoms with Crippen LogP contribution in [0.4, 0.5) is 0 Å². The fourth-order valence-electron chi connectivity index (χ4n) is 3.77. The fraction of sp³-hybridized carbons (Fsp3) is 0.350. The van der Waals surface area contributed by atoms with Crippen LogP contribution in [0.15, 0.2) is 53.6 Å². The van der Waals surface area contributed by atoms with Gasteiger partial charge in [0.15, 0.2) is 5.84 Å². The van der Waals surface area contributed by atoms with Crippen LogP contribution in [-0.2, 0) is 0 Å². The lowest BCUT2D eigenvalue weighted by molar-refractivity contribution is 0.470. The topological polar surface area (TPSA) is 39.7 Å². The zero-order chi connectivity index (χ0) is 17.2. The van der Waals surface area contributed by atoms with Crippen LogP contribution in [0.25, 0.3) is 0 Å². The number of nitrogens with zero attached hydrogens (tertiary/aromatic N) is 2. The second kappa shape index (κ2) is 7.06. The van der Waals surface area contributed by atoms with Crippen LogP contribution >= 0.6 is 11.6 Å². The molecule has 2 atom stereocenters. The first-order chi connectivity index (χ1) is 12.3. The lowest BCUT2D eigenvalue weighted by atomic mass is 9.93. The molecular formula is C20H23ClN4. The number of fused-ring (bicyclic) bond motifs is 1. The predicted octanol–water partition coefficient (Wildman–Crippen LogP) is 3.38. The highest BCUT2D eigenvalue weighted by Crippen LogP contribution is 2.31. The Kier molecular flexibility index (Phi) is 4.64. The number of benzene rings is 2. The van der Waals surface area contributed by atoms with Gasteiger partial charge in [0.2, 0.25) is 0 Å². The first-order valence-electron chi connectivity index (χ1n) is 8.92. The summed E-state index contributed by atoms with van der Waals surface area (Å²) in [4.78, 5) is 2.39. The standard InChI is InChI=1S/C20H23ClN4/c1-2-22-16-11-12-25(13-16)20-18-6-4-3-5-17(18)19(23-24-20)14-7-9-15(21)10-8-14/h3-10,16,19,22-23H,2,11-13H2,1H3. The SMILES string of the molecule is CCNC1CCN(C2=NNC(c3ccc(Cl)cc3)c3ccccc32)C1. The van der Waals surface area contributed by atoms with Gasteiger partial charge in [-0.05, 0) is 36.2 Å². The van der Waals surface area contributed by atoms with E-state index in [9.17, 15) is 0 Å². The lowest BCUT2D eigenvalue weighted by Crippen LogP contribution is -2.39. The zero-order valence-corrected chi connectivity index (χ0v) is 15.1. The molecule has 0 aliphatic carbocycles. The molecule has 25 heavy (non-hydrogen) atoms. The van der Waals surface area contributed by atoms with Crippen molar-refractivity contribution < 1.29 is 0 Å². The lowest BCUT2D eigenvalue weighted by Gasteiger charge is -2.30. The van der Waals surface area contributed by atoms with Gasteiger partial charge < -0.3 is 10.2 Å². The molecule has 2 aromatic rings. The summed E-state index contributed by atoms with van der Waals surface area (Å²) in [7, 11) is 0. The summed E-state index contributed by atoms with van der Waals surface area (Å²) >= 11 is 6.04. The summed E-state index contributed by atoms with van der Waals surface area (Å²) in [6, 6.07) is 17.2. The van der Waals surface area contributed by atoms with E-state index in [1.807, 2.05) is 12.1 Å². The molecule has 1 fully saturated rings. The number of hydrazone groups is 1. The van der Waals surface area contributed by atoms with E-state index in [0.717, 1.165) is 36.9 Å². The number of amidine groups is 1. The normalized spacial score (nSPS) is 22.3. The van der Waals surface area contributed by atoms with Gasteiger partial charge in [-0.1, -0.05) is 54.9 Å². The van der Waals surface area contributed by atoms with Crippen molar-refractivity contribution in [2.75, 3.05) is 19.6 Å². The molecule has 2 N–H and O–H groups in total. The molecule has 0 spiro atoms. The van der Waals surface area contributed by atoms with Gasteiger partial charge in [0.25, 0.3) is 0 Å². The molecule has 0 radical (unpaired) electrons. The molecule has 2 aromatic carbocycles. The molecule has 2 unspecified atom stereocenters. The molecule has 2 aliphatic heterocycles. The van der Waals surface area contributed by atoms with Crippen molar-refractivity contribution in [2.24, 2.45) is 5.10 Å². The minimum Gasteiger partial charge on any atom is -0.353 e. The van der Waals surface area contributed by atoms with Crippen LogP contribution < -0.4 is 10.7 Å². The highest BCUT2D eigenvalue weighted by Gasteiger charge is 2.30. The van der Waals surface area contributed by atoms with Crippen molar-refractivity contribution in [3.63, 3.8) is 0 Å². The van der Waals surface area contributed by atoms with Crippen LogP contribution in [0.5, 0.6) is 0 Å². The van der Waals surface area contributed by atoms with Crippen molar-refractivity contribution in [1.29, 1.82) is 0 Å². The van der Waals surface area contributed by atoms with Gasteiger partial charge in [-0.3, -0.25) is 5.43 Å². The summed E-state index contributed by atoms with van der Waals surface area (Å²) in [5.74, 6) is 1.06. The third-order valence-electron chi connectivity index (χ3n) is 5.00. The minimum absolute atomic E-state index is 0.0596. The van der Waals surface area contributed by atoms with E-state index in [4.69, 9.17) is 16.7 Å². The molecule has 0 amide bonds. The maximum atomic E-state index is 6.04. The summed E-state index contributed by atoms with van der Waals surface area (Å²) in [5.41, 5.74) is 7.03. The maximum Gasteiger partial charge on any atom is 0.156 e. The summed E-state index contributed by atoms with van der Waals surface area (Å²) in [5, 5.41) is 9.06. The Balaban J connectivity index is 1.63. The number of likely N-dealkylation sites (N-methyl/N-ethyl adjacent to an activating group) is 1. The van der Waals surface area contributed by atoms with Crippen LogP contribution in [0.1, 0.15) is 36.1 Å². The summed E-state index contributed by atoms with van der Waals surface area (Å²) < 4.78 is 0. The number of hydrogen-bond acceptors (Lipinski definition) is 4. The van der Waals surface area contributed by atoms with Gasteiger partial charge in [-0.2, -0.15) is 5.10 Å². The second-order valence-electron chi connectivity index (χ2n) is 6.63. The molecule has 4 nitrogen and oxygen atoms in total. The Labute approximate surface area is 153 Å². The molecule has 2 heterocycles. The van der Waals surface area contributed by atoms with Gasteiger partial charge in [0, 0.05) is 29.7 Å². The predicted molar refractivity (Wildman–Crippen MR) is 103 cm³/mol. The molecule has 2 aliphatic rings. The highest BCUT2D eigenvalue weighted by atomic mass is 35.5. The van der Waals surface area contributed by atoms with E-state index in [1.54, 1.807) is 0 Å². The van der Waals surface area contributed by atoms with Crippen molar-refractivity contribution >= 4 is 17.4 Å². The van der Waals surface area contributed by atoms with Gasteiger partial charge in [-0.25, -0.2) is 0 Å². The van der Waals surface area contributed by atoms with Crippen molar-refractivity contribution in [1.82, 2.24) is 15.6 Å².